The molecule has 1 amide bonds. The number of nitrogens with zero attached hydrogens (tertiary/aromatic N) is 1. The molecule has 2 fully saturated rings. The number of fused-ring (bicyclic) bond motifs is 3. The first kappa shape index (κ1) is 13.7. The van der Waals surface area contributed by atoms with Crippen LogP contribution in [0.1, 0.15) is 19.3 Å². The number of hydrogen-bond donors (Lipinski definition) is 1. The van der Waals surface area contributed by atoms with Gasteiger partial charge in [0, 0.05) is 17.8 Å². The van der Waals surface area contributed by atoms with Gasteiger partial charge in [0.15, 0.2) is 5.13 Å². The number of nitrogens with one attached hydrogen (secondary N) is 1. The summed E-state index contributed by atoms with van der Waals surface area (Å²) in [4.78, 5) is 28.3. The molecular formula is C16H15N2O3S-. The van der Waals surface area contributed by atoms with Crippen molar-refractivity contribution in [2.24, 2.45) is 23.7 Å². The number of carbonyl (C=O) groups is 2. The van der Waals surface area contributed by atoms with E-state index >= 15 is 0 Å². The van der Waals surface area contributed by atoms with Crippen LogP contribution in [0.3, 0.4) is 0 Å². The Morgan fingerprint density at radius 3 is 2.64 bits per heavy atom. The second kappa shape index (κ2) is 5.05. The van der Waals surface area contributed by atoms with E-state index in [1.807, 2.05) is 24.3 Å². The Balaban J connectivity index is 1.57. The first-order valence-corrected chi connectivity index (χ1v) is 8.32. The molecule has 0 spiro atoms. The zero-order valence-corrected chi connectivity index (χ0v) is 12.6. The van der Waals surface area contributed by atoms with Crippen LogP contribution in [0.4, 0.5) is 5.13 Å². The maximum absolute atomic E-state index is 12.6. The van der Waals surface area contributed by atoms with Gasteiger partial charge >= 0.3 is 0 Å². The van der Waals surface area contributed by atoms with Crippen molar-refractivity contribution in [3.8, 4) is 0 Å². The molecule has 0 radical (unpaired) electrons. The molecule has 1 N–H and O–H groups in total. The fraction of sp³-hybridized carbons (Fsp3) is 0.438. The van der Waals surface area contributed by atoms with Gasteiger partial charge in [-0.2, -0.15) is 0 Å². The number of aromatic nitrogens is 1. The summed E-state index contributed by atoms with van der Waals surface area (Å²) in [5.41, 5.74) is 0.840. The normalized spacial score (nSPS) is 29.8. The SMILES string of the molecule is O=C(Nc1nc2ccccc2s1)[C@@H]1[C@H]2CC[C@@H](C2)[C@@H]1C(=O)[O-]. The summed E-state index contributed by atoms with van der Waals surface area (Å²) in [7, 11) is 0. The van der Waals surface area contributed by atoms with E-state index in [9.17, 15) is 14.7 Å². The first-order valence-electron chi connectivity index (χ1n) is 7.51. The van der Waals surface area contributed by atoms with Crippen LogP contribution in [-0.2, 0) is 9.59 Å². The lowest BCUT2D eigenvalue weighted by molar-refractivity contribution is -0.314. The minimum atomic E-state index is -1.09. The molecule has 0 aliphatic heterocycles. The zero-order valence-electron chi connectivity index (χ0n) is 11.8. The van der Waals surface area contributed by atoms with E-state index < -0.39 is 17.8 Å². The zero-order chi connectivity index (χ0) is 15.3. The number of para-hydroxylation sites is 1. The van der Waals surface area contributed by atoms with Gasteiger partial charge in [0.1, 0.15) is 0 Å². The Labute approximate surface area is 131 Å². The van der Waals surface area contributed by atoms with E-state index in [1.54, 1.807) is 0 Å². The van der Waals surface area contributed by atoms with Crippen LogP contribution in [0.15, 0.2) is 24.3 Å². The molecule has 114 valence electrons. The number of hydrogen-bond acceptors (Lipinski definition) is 5. The van der Waals surface area contributed by atoms with E-state index in [0.29, 0.717) is 5.13 Å². The molecule has 2 aliphatic rings. The van der Waals surface area contributed by atoms with E-state index in [4.69, 9.17) is 0 Å². The Morgan fingerprint density at radius 2 is 1.91 bits per heavy atom. The average molecular weight is 315 g/mol. The lowest BCUT2D eigenvalue weighted by Gasteiger charge is -2.30. The van der Waals surface area contributed by atoms with Crippen LogP contribution in [0, 0.1) is 23.7 Å². The van der Waals surface area contributed by atoms with Gasteiger partial charge in [-0.3, -0.25) is 4.79 Å². The third-order valence-electron chi connectivity index (χ3n) is 5.02. The van der Waals surface area contributed by atoms with Crippen molar-refractivity contribution >= 4 is 38.6 Å². The summed E-state index contributed by atoms with van der Waals surface area (Å²) >= 11 is 1.41. The van der Waals surface area contributed by atoms with E-state index in [1.165, 1.54) is 11.3 Å². The smallest absolute Gasteiger partial charge is 0.230 e. The van der Waals surface area contributed by atoms with Gasteiger partial charge in [-0.1, -0.05) is 23.5 Å². The molecule has 0 saturated heterocycles. The maximum atomic E-state index is 12.6. The second-order valence-corrected chi connectivity index (χ2v) is 7.21. The Kier molecular flexibility index (Phi) is 3.14. The predicted molar refractivity (Wildman–Crippen MR) is 81.1 cm³/mol. The minimum Gasteiger partial charge on any atom is -0.550 e. The second-order valence-electron chi connectivity index (χ2n) is 6.18. The third kappa shape index (κ3) is 2.09. The number of amides is 1. The van der Waals surface area contributed by atoms with Crippen LogP contribution in [0.2, 0.25) is 0 Å². The molecule has 5 nitrogen and oxygen atoms in total. The summed E-state index contributed by atoms with van der Waals surface area (Å²) in [5.74, 6) is -2.16. The molecular weight excluding hydrogens is 300 g/mol. The van der Waals surface area contributed by atoms with E-state index in [2.05, 4.69) is 10.3 Å². The number of aliphatic carboxylic acids is 1. The third-order valence-corrected chi connectivity index (χ3v) is 5.97. The lowest BCUT2D eigenvalue weighted by Crippen LogP contribution is -2.43. The number of rotatable bonds is 3. The monoisotopic (exact) mass is 315 g/mol. The summed E-state index contributed by atoms with van der Waals surface area (Å²) in [6.07, 6.45) is 2.66. The molecule has 22 heavy (non-hydrogen) atoms. The summed E-state index contributed by atoms with van der Waals surface area (Å²) in [6.45, 7) is 0. The standard InChI is InChI=1S/C16H16N2O3S/c19-14(12-8-5-6-9(7-8)13(12)15(20)21)18-16-17-10-3-1-2-4-11(10)22-16/h1-4,8-9,12-13H,5-7H2,(H,20,21)(H,17,18,19)/p-1/t8-,9-,12+,13-/m0/s1. The van der Waals surface area contributed by atoms with Gasteiger partial charge in [-0.05, 0) is 43.2 Å². The number of carbonyl (C=O) groups excluding carboxylic acids is 2. The summed E-state index contributed by atoms with van der Waals surface area (Å²) < 4.78 is 1.00. The molecule has 6 heteroatoms. The first-order chi connectivity index (χ1) is 10.6. The quantitative estimate of drug-likeness (QED) is 0.933. The average Bonchev–Trinajstić information content (AvgIpc) is 3.19. The molecule has 1 heterocycles. The molecule has 4 rings (SSSR count). The van der Waals surface area contributed by atoms with Gasteiger partial charge in [-0.25, -0.2) is 4.98 Å². The Hall–Kier alpha value is -1.95. The molecule has 2 aromatic rings. The number of anilines is 1. The van der Waals surface area contributed by atoms with Gasteiger partial charge in [0.05, 0.1) is 10.2 Å². The Morgan fingerprint density at radius 1 is 1.18 bits per heavy atom. The van der Waals surface area contributed by atoms with Crippen LogP contribution in [0.25, 0.3) is 10.2 Å². The van der Waals surface area contributed by atoms with Gasteiger partial charge in [0.2, 0.25) is 5.91 Å². The molecule has 0 unspecified atom stereocenters. The topological polar surface area (TPSA) is 82.1 Å². The highest BCUT2D eigenvalue weighted by atomic mass is 32.1. The molecule has 1 aromatic carbocycles. The van der Waals surface area contributed by atoms with Crippen molar-refractivity contribution in [1.82, 2.24) is 4.98 Å². The highest BCUT2D eigenvalue weighted by molar-refractivity contribution is 7.22. The van der Waals surface area contributed by atoms with Crippen LogP contribution < -0.4 is 10.4 Å². The van der Waals surface area contributed by atoms with E-state index in [-0.39, 0.29) is 17.7 Å². The fourth-order valence-electron chi connectivity index (χ4n) is 4.12. The largest absolute Gasteiger partial charge is 0.550 e. The van der Waals surface area contributed by atoms with Crippen LogP contribution in [-0.4, -0.2) is 16.9 Å². The molecule has 2 aliphatic carbocycles. The van der Waals surface area contributed by atoms with Gasteiger partial charge in [0.25, 0.3) is 0 Å². The number of thiazole rings is 1. The lowest BCUT2D eigenvalue weighted by atomic mass is 9.79. The van der Waals surface area contributed by atoms with Crippen molar-refractivity contribution in [1.29, 1.82) is 0 Å². The molecule has 2 bridgehead atoms. The van der Waals surface area contributed by atoms with Crippen LogP contribution in [0.5, 0.6) is 0 Å². The summed E-state index contributed by atoms with van der Waals surface area (Å²) in [6, 6.07) is 7.66. The highest BCUT2D eigenvalue weighted by Crippen LogP contribution is 2.52. The minimum absolute atomic E-state index is 0.0983. The van der Waals surface area contributed by atoms with Crippen molar-refractivity contribution in [3.63, 3.8) is 0 Å². The van der Waals surface area contributed by atoms with Crippen molar-refractivity contribution in [2.45, 2.75) is 19.3 Å². The number of carboxylic acids is 1. The fourth-order valence-corrected chi connectivity index (χ4v) is 4.99. The highest BCUT2D eigenvalue weighted by Gasteiger charge is 2.51. The Bertz CT molecular complexity index is 724. The molecule has 1 aromatic heterocycles. The van der Waals surface area contributed by atoms with Crippen LogP contribution >= 0.6 is 11.3 Å². The van der Waals surface area contributed by atoms with Crippen molar-refractivity contribution in [3.05, 3.63) is 24.3 Å². The summed E-state index contributed by atoms with van der Waals surface area (Å²) in [5, 5.41) is 14.7. The predicted octanol–water partition coefficient (Wildman–Crippen LogP) is 1.65. The van der Waals surface area contributed by atoms with Crippen molar-refractivity contribution in [2.75, 3.05) is 5.32 Å². The van der Waals surface area contributed by atoms with E-state index in [0.717, 1.165) is 29.5 Å². The maximum Gasteiger partial charge on any atom is 0.230 e. The number of benzene rings is 1. The van der Waals surface area contributed by atoms with Gasteiger partial charge < -0.3 is 15.2 Å². The molecule has 2 saturated carbocycles. The van der Waals surface area contributed by atoms with Crippen molar-refractivity contribution < 1.29 is 14.7 Å². The van der Waals surface area contributed by atoms with Gasteiger partial charge in [-0.15, -0.1) is 0 Å². The molecule has 4 atom stereocenters. The number of carboxylic acid groups (broad SMARTS) is 1.